The van der Waals surface area contributed by atoms with Crippen LogP contribution in [0.3, 0.4) is 0 Å². The highest BCUT2D eigenvalue weighted by Gasteiger charge is 2.26. The first-order valence-electron chi connectivity index (χ1n) is 22.5. The lowest BCUT2D eigenvalue weighted by Crippen LogP contribution is -2.30. The lowest BCUT2D eigenvalue weighted by molar-refractivity contribution is -0.161. The van der Waals surface area contributed by atoms with Gasteiger partial charge in [0.1, 0.15) is 6.61 Å². The Kier molecular flexibility index (Phi) is 38.0. The number of ether oxygens (including phenoxy) is 3. The minimum Gasteiger partial charge on any atom is -0.462 e. The molecule has 0 spiro atoms. The van der Waals surface area contributed by atoms with Gasteiger partial charge in [-0.3, -0.25) is 18.6 Å². The number of phosphoric acid groups is 1. The molecule has 0 aliphatic rings. The fraction of sp³-hybridized carbons (Fsp3) is 0.930. The van der Waals surface area contributed by atoms with Crippen LogP contribution >= 0.6 is 7.82 Å². The molecule has 2 N–H and O–H groups in total. The normalized spacial score (nSPS) is 13.1. The van der Waals surface area contributed by atoms with Gasteiger partial charge in [0.15, 0.2) is 6.10 Å². The predicted octanol–water partition coefficient (Wildman–Crippen LogP) is 12.5. The van der Waals surface area contributed by atoms with Crippen LogP contribution in [0.25, 0.3) is 0 Å². The van der Waals surface area contributed by atoms with Crippen molar-refractivity contribution < 1.29 is 47.1 Å². The zero-order chi connectivity index (χ0) is 40.7. The summed E-state index contributed by atoms with van der Waals surface area (Å²) in [5.74, 6) is -0.883. The molecule has 2 unspecified atom stereocenters. The van der Waals surface area contributed by atoms with E-state index in [-0.39, 0.29) is 38.7 Å². The van der Waals surface area contributed by atoms with Gasteiger partial charge in [0.05, 0.1) is 19.3 Å². The summed E-state index contributed by atoms with van der Waals surface area (Å²) in [5, 5.41) is 2.41. The first-order valence-corrected chi connectivity index (χ1v) is 24.0. The van der Waals surface area contributed by atoms with E-state index in [0.717, 1.165) is 38.5 Å². The van der Waals surface area contributed by atoms with E-state index in [1.807, 2.05) is 0 Å². The van der Waals surface area contributed by atoms with E-state index in [1.54, 1.807) is 13.8 Å². The van der Waals surface area contributed by atoms with Crippen molar-refractivity contribution in [2.75, 3.05) is 26.4 Å². The molecular weight excluding hydrogens is 721 g/mol. The monoisotopic (exact) mass is 806 g/mol. The molecule has 0 aliphatic carbocycles. The molecule has 0 aromatic heterocycles. The Labute approximate surface area is 336 Å². The first-order chi connectivity index (χ1) is 26.6. The molecule has 0 bridgehead atoms. The van der Waals surface area contributed by atoms with E-state index in [4.69, 9.17) is 23.3 Å². The molecule has 0 fully saturated rings. The number of rotatable bonds is 41. The van der Waals surface area contributed by atoms with Crippen LogP contribution in [0.15, 0.2) is 0 Å². The summed E-state index contributed by atoms with van der Waals surface area (Å²) >= 11 is 0. The van der Waals surface area contributed by atoms with E-state index < -0.39 is 38.6 Å². The van der Waals surface area contributed by atoms with Crippen LogP contribution in [-0.2, 0) is 37.4 Å². The molecule has 0 aromatic rings. The Bertz CT molecular complexity index is 950. The summed E-state index contributed by atoms with van der Waals surface area (Å²) in [6.07, 6.45) is 32.5. The van der Waals surface area contributed by atoms with Crippen molar-refractivity contribution in [3.05, 3.63) is 0 Å². The third-order valence-electron chi connectivity index (χ3n) is 9.59. The topological polar surface area (TPSA) is 147 Å². The summed E-state index contributed by atoms with van der Waals surface area (Å²) in [6.45, 7) is 6.74. The highest BCUT2D eigenvalue weighted by Crippen LogP contribution is 2.43. The summed E-state index contributed by atoms with van der Waals surface area (Å²) in [7, 11) is -4.55. The van der Waals surface area contributed by atoms with Crippen LogP contribution in [0.4, 0.5) is 4.79 Å². The number of hydrogen-bond donors (Lipinski definition) is 2. The molecule has 1 amide bonds. The Morgan fingerprint density at radius 1 is 0.527 bits per heavy atom. The molecule has 0 aliphatic heterocycles. The molecule has 0 radical (unpaired) electrons. The molecule has 55 heavy (non-hydrogen) atoms. The molecule has 326 valence electrons. The van der Waals surface area contributed by atoms with Crippen molar-refractivity contribution >= 4 is 25.9 Å². The molecule has 0 aromatic carbocycles. The number of hydrogen-bond acceptors (Lipinski definition) is 9. The molecule has 0 rings (SSSR count). The van der Waals surface area contributed by atoms with E-state index in [0.29, 0.717) is 6.42 Å². The average Bonchev–Trinajstić information content (AvgIpc) is 3.14. The fourth-order valence-electron chi connectivity index (χ4n) is 6.33. The summed E-state index contributed by atoms with van der Waals surface area (Å²) in [6, 6.07) is 0. The minimum atomic E-state index is -4.55. The molecular formula is C43H84NO10P. The zero-order valence-corrected chi connectivity index (χ0v) is 36.7. The second-order valence-corrected chi connectivity index (χ2v) is 16.9. The summed E-state index contributed by atoms with van der Waals surface area (Å²) < 4.78 is 38.3. The number of unbranched alkanes of at least 4 members (excludes halogenated alkanes) is 26. The van der Waals surface area contributed by atoms with Gasteiger partial charge in [-0.2, -0.15) is 0 Å². The van der Waals surface area contributed by atoms with Crippen LogP contribution in [-0.4, -0.2) is 61.5 Å². The van der Waals surface area contributed by atoms with Crippen molar-refractivity contribution in [2.24, 2.45) is 0 Å². The standard InChI is InChI=1S/C43H84NO10P/c1-5-7-9-11-13-15-17-19-20-22-23-25-27-29-31-33-41(45)50-37-40(38-52-55(48,49)51-36-35-44-43(47)53-39(3)4)54-42(46)34-32-30-28-26-24-21-18-16-14-12-10-8-6-2/h39-40H,5-38H2,1-4H3,(H,44,47)(H,48,49). The van der Waals surface area contributed by atoms with Crippen LogP contribution in [0, 0.1) is 0 Å². The SMILES string of the molecule is CCCCCCCCCCCCCCCCCC(=O)OCC(COP(=O)(O)OCCNC(=O)OC(C)C)OC(=O)CCCCCCCCCCCCCCC. The molecule has 12 heteroatoms. The highest BCUT2D eigenvalue weighted by atomic mass is 31.2. The Balaban J connectivity index is 4.43. The lowest BCUT2D eigenvalue weighted by atomic mass is 10.0. The van der Waals surface area contributed by atoms with E-state index in [1.165, 1.54) is 135 Å². The quantitative estimate of drug-likeness (QED) is 0.0265. The van der Waals surface area contributed by atoms with Gasteiger partial charge >= 0.3 is 25.9 Å². The van der Waals surface area contributed by atoms with Crippen molar-refractivity contribution in [3.8, 4) is 0 Å². The van der Waals surface area contributed by atoms with Gasteiger partial charge in [-0.05, 0) is 26.7 Å². The van der Waals surface area contributed by atoms with Crippen LogP contribution < -0.4 is 5.32 Å². The lowest BCUT2D eigenvalue weighted by Gasteiger charge is -2.20. The molecule has 0 saturated heterocycles. The second-order valence-electron chi connectivity index (χ2n) is 15.5. The second kappa shape index (κ2) is 39.2. The molecule has 0 heterocycles. The first kappa shape index (κ1) is 53.3. The maximum atomic E-state index is 12.7. The Morgan fingerprint density at radius 2 is 0.909 bits per heavy atom. The molecule has 11 nitrogen and oxygen atoms in total. The number of amides is 1. The third kappa shape index (κ3) is 40.3. The maximum absolute atomic E-state index is 12.7. The number of phosphoric ester groups is 1. The van der Waals surface area contributed by atoms with Gasteiger partial charge in [0.25, 0.3) is 0 Å². The van der Waals surface area contributed by atoms with Crippen molar-refractivity contribution in [1.29, 1.82) is 0 Å². The van der Waals surface area contributed by atoms with Crippen molar-refractivity contribution in [1.82, 2.24) is 5.32 Å². The third-order valence-corrected chi connectivity index (χ3v) is 10.6. The van der Waals surface area contributed by atoms with Gasteiger partial charge in [-0.1, -0.05) is 181 Å². The largest absolute Gasteiger partial charge is 0.472 e. The molecule has 0 saturated carbocycles. The summed E-state index contributed by atoms with van der Waals surface area (Å²) in [5.41, 5.74) is 0. The predicted molar refractivity (Wildman–Crippen MR) is 222 cm³/mol. The van der Waals surface area contributed by atoms with Crippen LogP contribution in [0.1, 0.15) is 220 Å². The van der Waals surface area contributed by atoms with E-state index in [9.17, 15) is 23.8 Å². The van der Waals surface area contributed by atoms with E-state index >= 15 is 0 Å². The van der Waals surface area contributed by atoms with Crippen LogP contribution in [0.5, 0.6) is 0 Å². The number of nitrogens with one attached hydrogen (secondary N) is 1. The Morgan fingerprint density at radius 3 is 1.31 bits per heavy atom. The zero-order valence-electron chi connectivity index (χ0n) is 35.8. The Hall–Kier alpha value is -1.68. The average molecular weight is 806 g/mol. The van der Waals surface area contributed by atoms with Gasteiger partial charge < -0.3 is 24.4 Å². The number of carbonyl (C=O) groups excluding carboxylic acids is 3. The van der Waals surface area contributed by atoms with Crippen molar-refractivity contribution in [2.45, 2.75) is 233 Å². The number of esters is 2. The smallest absolute Gasteiger partial charge is 0.462 e. The van der Waals surface area contributed by atoms with Gasteiger partial charge in [-0.15, -0.1) is 0 Å². The highest BCUT2D eigenvalue weighted by molar-refractivity contribution is 7.47. The van der Waals surface area contributed by atoms with Crippen LogP contribution in [0.2, 0.25) is 0 Å². The van der Waals surface area contributed by atoms with E-state index in [2.05, 4.69) is 19.2 Å². The number of alkyl carbamates (subject to hydrolysis) is 1. The number of carbonyl (C=O) groups is 3. The van der Waals surface area contributed by atoms with Gasteiger partial charge in [0.2, 0.25) is 0 Å². The maximum Gasteiger partial charge on any atom is 0.472 e. The van der Waals surface area contributed by atoms with Crippen molar-refractivity contribution in [3.63, 3.8) is 0 Å². The van der Waals surface area contributed by atoms with Gasteiger partial charge in [-0.25, -0.2) is 9.36 Å². The molecule has 2 atom stereocenters. The minimum absolute atomic E-state index is 0.0755. The van der Waals surface area contributed by atoms with Gasteiger partial charge in [0, 0.05) is 19.4 Å². The summed E-state index contributed by atoms with van der Waals surface area (Å²) in [4.78, 5) is 46.9. The fourth-order valence-corrected chi connectivity index (χ4v) is 7.08.